The van der Waals surface area contributed by atoms with Crippen molar-refractivity contribution >= 4 is 6.09 Å². The Bertz CT molecular complexity index is 314. The molecule has 5 heteroatoms. The Morgan fingerprint density at radius 2 is 2.27 bits per heavy atom. The Labute approximate surface area is 88.8 Å². The zero-order valence-electron chi connectivity index (χ0n) is 9.40. The molecule has 15 heavy (non-hydrogen) atoms. The molecule has 84 valence electrons. The maximum absolute atomic E-state index is 11.4. The van der Waals surface area contributed by atoms with E-state index in [-0.39, 0.29) is 6.04 Å². The summed E-state index contributed by atoms with van der Waals surface area (Å²) in [5.74, 6) is 0.598. The minimum Gasteiger partial charge on any atom is -0.446 e. The number of nitrogens with zero attached hydrogens (tertiary/aromatic N) is 1. The van der Waals surface area contributed by atoms with E-state index in [1.807, 2.05) is 20.8 Å². The van der Waals surface area contributed by atoms with E-state index in [1.54, 1.807) is 13.1 Å². The number of amides is 1. The number of ether oxygens (including phenoxy) is 1. The van der Waals surface area contributed by atoms with E-state index >= 15 is 0 Å². The Morgan fingerprint density at radius 3 is 2.73 bits per heavy atom. The van der Waals surface area contributed by atoms with Gasteiger partial charge in [-0.1, -0.05) is 0 Å². The maximum Gasteiger partial charge on any atom is 0.408 e. The zero-order chi connectivity index (χ0) is 11.5. The van der Waals surface area contributed by atoms with Gasteiger partial charge in [0.05, 0.1) is 12.2 Å². The molecule has 1 rings (SSSR count). The largest absolute Gasteiger partial charge is 0.446 e. The minimum absolute atomic E-state index is 0.248. The fraction of sp³-hybridized carbons (Fsp3) is 0.600. The molecule has 5 nitrogen and oxygen atoms in total. The van der Waals surface area contributed by atoms with Gasteiger partial charge in [-0.3, -0.25) is 0 Å². The van der Waals surface area contributed by atoms with Crippen molar-refractivity contribution in [3.8, 4) is 0 Å². The summed E-state index contributed by atoms with van der Waals surface area (Å²) in [6.45, 7) is 7.23. The topological polar surface area (TPSA) is 64.4 Å². The lowest BCUT2D eigenvalue weighted by Gasteiger charge is -2.21. The molecule has 0 aromatic carbocycles. The van der Waals surface area contributed by atoms with Crippen LogP contribution in [-0.2, 0) is 4.74 Å². The molecule has 1 N–H and O–H groups in total. The third-order valence-corrected chi connectivity index (χ3v) is 1.61. The highest BCUT2D eigenvalue weighted by molar-refractivity contribution is 5.68. The highest BCUT2D eigenvalue weighted by Gasteiger charge is 2.19. The van der Waals surface area contributed by atoms with Crippen LogP contribution in [0.4, 0.5) is 4.79 Å². The van der Waals surface area contributed by atoms with E-state index in [0.717, 1.165) is 0 Å². The molecule has 0 radical (unpaired) electrons. The Balaban J connectivity index is 2.45. The molecule has 0 aliphatic carbocycles. The highest BCUT2D eigenvalue weighted by Crippen LogP contribution is 2.12. The van der Waals surface area contributed by atoms with Crippen molar-refractivity contribution in [3.05, 3.63) is 18.4 Å². The molecule has 0 saturated carbocycles. The molecule has 1 aromatic heterocycles. The quantitative estimate of drug-likeness (QED) is 0.816. The number of hydrogen-bond donors (Lipinski definition) is 1. The lowest BCUT2D eigenvalue weighted by molar-refractivity contribution is 0.0502. The molecule has 0 bridgehead atoms. The normalized spacial score (nSPS) is 13.3. The fourth-order valence-corrected chi connectivity index (χ4v) is 0.995. The number of carbonyl (C=O) groups excluding carboxylic acids is 1. The lowest BCUT2D eigenvalue weighted by Crippen LogP contribution is -2.33. The molecule has 1 heterocycles. The number of aromatic nitrogens is 1. The summed E-state index contributed by atoms with van der Waals surface area (Å²) < 4.78 is 10.1. The molecular formula is C10H16N2O3. The first-order valence-corrected chi connectivity index (χ1v) is 4.76. The van der Waals surface area contributed by atoms with Gasteiger partial charge in [0.25, 0.3) is 0 Å². The summed E-state index contributed by atoms with van der Waals surface area (Å²) in [6, 6.07) is -0.248. The summed E-state index contributed by atoms with van der Waals surface area (Å²) in [5, 5.41) is 2.64. The second-order valence-electron chi connectivity index (χ2n) is 4.27. The highest BCUT2D eigenvalue weighted by atomic mass is 16.6. The van der Waals surface area contributed by atoms with Gasteiger partial charge in [0.2, 0.25) is 0 Å². The molecule has 1 aromatic rings. The predicted octanol–water partition coefficient (Wildman–Crippen LogP) is 2.26. The van der Waals surface area contributed by atoms with E-state index in [2.05, 4.69) is 10.3 Å². The molecule has 0 fully saturated rings. The minimum atomic E-state index is -0.495. The zero-order valence-corrected chi connectivity index (χ0v) is 9.40. The third-order valence-electron chi connectivity index (χ3n) is 1.61. The predicted molar refractivity (Wildman–Crippen MR) is 54.3 cm³/mol. The Hall–Kier alpha value is -1.52. The van der Waals surface area contributed by atoms with E-state index in [9.17, 15) is 4.79 Å². The Kier molecular flexibility index (Phi) is 3.34. The third kappa shape index (κ3) is 4.01. The van der Waals surface area contributed by atoms with Gasteiger partial charge in [0.1, 0.15) is 11.4 Å². The van der Waals surface area contributed by atoms with E-state index in [1.165, 1.54) is 6.39 Å². The van der Waals surface area contributed by atoms with Crippen LogP contribution >= 0.6 is 0 Å². The van der Waals surface area contributed by atoms with Gasteiger partial charge < -0.3 is 14.5 Å². The molecule has 0 spiro atoms. The Morgan fingerprint density at radius 1 is 1.60 bits per heavy atom. The van der Waals surface area contributed by atoms with E-state index in [0.29, 0.717) is 5.76 Å². The average molecular weight is 212 g/mol. The average Bonchev–Trinajstić information content (AvgIpc) is 2.50. The van der Waals surface area contributed by atoms with Crippen molar-refractivity contribution in [2.45, 2.75) is 39.3 Å². The van der Waals surface area contributed by atoms with Crippen molar-refractivity contribution in [1.29, 1.82) is 0 Å². The summed E-state index contributed by atoms with van der Waals surface area (Å²) in [7, 11) is 0. The molecule has 0 saturated heterocycles. The smallest absolute Gasteiger partial charge is 0.408 e. The second kappa shape index (κ2) is 4.33. The molecule has 0 unspecified atom stereocenters. The van der Waals surface area contributed by atoms with Crippen LogP contribution in [-0.4, -0.2) is 16.7 Å². The second-order valence-corrected chi connectivity index (χ2v) is 4.27. The standard InChI is InChI=1S/C10H16N2O3/c1-7(8-5-11-6-14-8)12-9(13)15-10(2,3)4/h5-7H,1-4H3,(H,12,13)/t7-/m0/s1. The number of hydrogen-bond acceptors (Lipinski definition) is 4. The number of rotatable bonds is 2. The molecule has 0 aliphatic heterocycles. The van der Waals surface area contributed by atoms with Crippen molar-refractivity contribution < 1.29 is 13.9 Å². The first-order valence-electron chi connectivity index (χ1n) is 4.76. The summed E-state index contributed by atoms with van der Waals surface area (Å²) in [4.78, 5) is 15.1. The van der Waals surface area contributed by atoms with Crippen molar-refractivity contribution in [3.63, 3.8) is 0 Å². The van der Waals surface area contributed by atoms with Gasteiger partial charge in [-0.15, -0.1) is 0 Å². The number of alkyl carbamates (subject to hydrolysis) is 1. The molecular weight excluding hydrogens is 196 g/mol. The van der Waals surface area contributed by atoms with Crippen molar-refractivity contribution in [1.82, 2.24) is 10.3 Å². The van der Waals surface area contributed by atoms with Crippen LogP contribution in [0, 0.1) is 0 Å². The van der Waals surface area contributed by atoms with Crippen LogP contribution in [0.25, 0.3) is 0 Å². The monoisotopic (exact) mass is 212 g/mol. The fourth-order valence-electron chi connectivity index (χ4n) is 0.995. The van der Waals surface area contributed by atoms with Gasteiger partial charge in [0, 0.05) is 0 Å². The number of carbonyl (C=O) groups is 1. The van der Waals surface area contributed by atoms with E-state index < -0.39 is 11.7 Å². The summed E-state index contributed by atoms with van der Waals surface area (Å²) in [6.07, 6.45) is 2.41. The molecule has 1 atom stereocenters. The molecule has 0 aliphatic rings. The van der Waals surface area contributed by atoms with E-state index in [4.69, 9.17) is 9.15 Å². The first-order chi connectivity index (χ1) is 6.88. The number of oxazole rings is 1. The number of nitrogens with one attached hydrogen (secondary N) is 1. The van der Waals surface area contributed by atoms with Gasteiger partial charge in [-0.2, -0.15) is 0 Å². The lowest BCUT2D eigenvalue weighted by atomic mass is 10.2. The van der Waals surface area contributed by atoms with Gasteiger partial charge in [0.15, 0.2) is 6.39 Å². The van der Waals surface area contributed by atoms with Crippen LogP contribution in [0.15, 0.2) is 17.0 Å². The van der Waals surface area contributed by atoms with Crippen molar-refractivity contribution in [2.75, 3.05) is 0 Å². The van der Waals surface area contributed by atoms with Gasteiger partial charge in [-0.25, -0.2) is 9.78 Å². The summed E-state index contributed by atoms with van der Waals surface area (Å²) >= 11 is 0. The van der Waals surface area contributed by atoms with Gasteiger partial charge >= 0.3 is 6.09 Å². The van der Waals surface area contributed by atoms with Crippen molar-refractivity contribution in [2.24, 2.45) is 0 Å². The van der Waals surface area contributed by atoms with Gasteiger partial charge in [-0.05, 0) is 27.7 Å². The van der Waals surface area contributed by atoms with Crippen LogP contribution in [0.1, 0.15) is 39.5 Å². The van der Waals surface area contributed by atoms with Crippen LogP contribution < -0.4 is 5.32 Å². The SMILES string of the molecule is C[C@H](NC(=O)OC(C)(C)C)c1cnco1. The maximum atomic E-state index is 11.4. The van der Waals surface area contributed by atoms with Crippen LogP contribution in [0.5, 0.6) is 0 Å². The molecule has 1 amide bonds. The first kappa shape index (κ1) is 11.6. The van der Waals surface area contributed by atoms with Crippen LogP contribution in [0.3, 0.4) is 0 Å². The van der Waals surface area contributed by atoms with Crippen LogP contribution in [0.2, 0.25) is 0 Å². The summed E-state index contributed by atoms with van der Waals surface area (Å²) in [5.41, 5.74) is -0.495.